The third kappa shape index (κ3) is 17.0. The van der Waals surface area contributed by atoms with Gasteiger partial charge in [-0.3, -0.25) is 4.79 Å². The first-order valence-corrected chi connectivity index (χ1v) is 15.8. The highest BCUT2D eigenvalue weighted by Crippen LogP contribution is 2.37. The van der Waals surface area contributed by atoms with E-state index in [4.69, 9.17) is 4.74 Å². The van der Waals surface area contributed by atoms with E-state index in [2.05, 4.69) is 34.6 Å². The predicted octanol–water partition coefficient (Wildman–Crippen LogP) is 11.2. The molecule has 0 aliphatic carbocycles. The molecule has 2 nitrogen and oxygen atoms in total. The molecule has 0 N–H and O–H groups in total. The van der Waals surface area contributed by atoms with Gasteiger partial charge in [0.05, 0.1) is 12.0 Å². The van der Waals surface area contributed by atoms with Crippen LogP contribution in [0.1, 0.15) is 182 Å². The molecule has 0 fully saturated rings. The number of carbonyl (C=O) groups is 1. The predicted molar refractivity (Wildman–Crippen MR) is 151 cm³/mol. The molecule has 0 aromatic rings. The van der Waals surface area contributed by atoms with Crippen LogP contribution in [-0.4, -0.2) is 12.6 Å². The summed E-state index contributed by atoms with van der Waals surface area (Å²) in [4.78, 5) is 13.2. The van der Waals surface area contributed by atoms with Crippen LogP contribution >= 0.6 is 0 Å². The molecular weight excluding hydrogens is 416 g/mol. The minimum atomic E-state index is -0.240. The molecule has 0 radical (unpaired) electrons. The Bertz CT molecular complexity index is 433. The zero-order valence-electron chi connectivity index (χ0n) is 24.4. The normalized spacial score (nSPS) is 14.1. The molecule has 2 heteroatoms. The number of rotatable bonds is 26. The van der Waals surface area contributed by atoms with Gasteiger partial charge in [0.15, 0.2) is 0 Å². The number of esters is 1. The summed E-state index contributed by atoms with van der Waals surface area (Å²) in [6.07, 6.45) is 29.3. The zero-order chi connectivity index (χ0) is 25.3. The van der Waals surface area contributed by atoms with E-state index in [-0.39, 0.29) is 11.4 Å². The van der Waals surface area contributed by atoms with Crippen molar-refractivity contribution in [1.29, 1.82) is 0 Å². The van der Waals surface area contributed by atoms with Gasteiger partial charge in [-0.25, -0.2) is 0 Å². The largest absolute Gasteiger partial charge is 0.465 e. The van der Waals surface area contributed by atoms with Gasteiger partial charge in [0.2, 0.25) is 0 Å². The van der Waals surface area contributed by atoms with Crippen LogP contribution < -0.4 is 0 Å². The van der Waals surface area contributed by atoms with Crippen molar-refractivity contribution in [1.82, 2.24) is 0 Å². The molecule has 0 heterocycles. The fourth-order valence-corrected chi connectivity index (χ4v) is 5.24. The van der Waals surface area contributed by atoms with Crippen LogP contribution in [0, 0.1) is 11.3 Å². The highest BCUT2D eigenvalue weighted by Gasteiger charge is 2.37. The molecule has 0 saturated carbocycles. The lowest BCUT2D eigenvalue weighted by molar-refractivity contribution is -0.159. The van der Waals surface area contributed by atoms with E-state index in [0.29, 0.717) is 12.5 Å². The first kappa shape index (κ1) is 33.5. The Morgan fingerprint density at radius 3 is 1.47 bits per heavy atom. The van der Waals surface area contributed by atoms with Gasteiger partial charge in [-0.1, -0.05) is 157 Å². The van der Waals surface area contributed by atoms with Crippen molar-refractivity contribution in [2.75, 3.05) is 6.61 Å². The van der Waals surface area contributed by atoms with Gasteiger partial charge in [0.1, 0.15) is 0 Å². The van der Waals surface area contributed by atoms with Crippen LogP contribution in [0.5, 0.6) is 0 Å². The summed E-state index contributed by atoms with van der Waals surface area (Å²) in [5, 5.41) is 0. The maximum Gasteiger partial charge on any atom is 0.312 e. The van der Waals surface area contributed by atoms with Crippen molar-refractivity contribution in [2.24, 2.45) is 11.3 Å². The van der Waals surface area contributed by atoms with Crippen molar-refractivity contribution in [2.45, 2.75) is 182 Å². The fraction of sp³-hybridized carbons (Fsp3) is 0.969. The minimum absolute atomic E-state index is 0.105. The highest BCUT2D eigenvalue weighted by atomic mass is 16.5. The topological polar surface area (TPSA) is 26.3 Å². The molecule has 0 aromatic carbocycles. The fourth-order valence-electron chi connectivity index (χ4n) is 5.24. The molecule has 0 aliphatic heterocycles. The monoisotopic (exact) mass is 480 g/mol. The average molecular weight is 481 g/mol. The first-order valence-electron chi connectivity index (χ1n) is 15.8. The Kier molecular flexibility index (Phi) is 23.8. The summed E-state index contributed by atoms with van der Waals surface area (Å²) < 4.78 is 5.98. The van der Waals surface area contributed by atoms with E-state index >= 15 is 0 Å². The van der Waals surface area contributed by atoms with Crippen LogP contribution in [0.4, 0.5) is 0 Å². The molecule has 0 bridgehead atoms. The molecule has 0 aromatic heterocycles. The summed E-state index contributed by atoms with van der Waals surface area (Å²) >= 11 is 0. The number of carbonyl (C=O) groups excluding carboxylic acids is 1. The van der Waals surface area contributed by atoms with Gasteiger partial charge in [0.25, 0.3) is 0 Å². The van der Waals surface area contributed by atoms with Crippen LogP contribution in [0.15, 0.2) is 0 Å². The molecule has 34 heavy (non-hydrogen) atoms. The lowest BCUT2D eigenvalue weighted by atomic mass is 9.76. The number of hydrogen-bond acceptors (Lipinski definition) is 2. The number of hydrogen-bond donors (Lipinski definition) is 0. The maximum absolute atomic E-state index is 13.2. The molecule has 2 atom stereocenters. The lowest BCUT2D eigenvalue weighted by Gasteiger charge is -2.31. The Balaban J connectivity index is 4.15. The highest BCUT2D eigenvalue weighted by molar-refractivity contribution is 5.76. The van der Waals surface area contributed by atoms with Gasteiger partial charge in [-0.15, -0.1) is 0 Å². The standard InChI is InChI=1S/C32H64O2/c1-6-11-14-15-16-17-18-19-20-21-22-23-24-25-28-32(10-5,27-13-8-3)31(33)34-29-30(9-4)26-12-7-2/h30H,6-29H2,1-5H3. The summed E-state index contributed by atoms with van der Waals surface area (Å²) in [6.45, 7) is 11.8. The summed E-state index contributed by atoms with van der Waals surface area (Å²) in [6, 6.07) is 0. The van der Waals surface area contributed by atoms with Crippen LogP contribution in [0.2, 0.25) is 0 Å². The van der Waals surface area contributed by atoms with Gasteiger partial charge in [-0.05, 0) is 31.6 Å². The minimum Gasteiger partial charge on any atom is -0.465 e. The third-order valence-corrected chi connectivity index (χ3v) is 8.12. The molecule has 0 saturated heterocycles. The van der Waals surface area contributed by atoms with Crippen LogP contribution in [0.3, 0.4) is 0 Å². The van der Waals surface area contributed by atoms with Crippen molar-refractivity contribution >= 4 is 5.97 Å². The van der Waals surface area contributed by atoms with Crippen molar-refractivity contribution < 1.29 is 9.53 Å². The van der Waals surface area contributed by atoms with Crippen molar-refractivity contribution in [3.8, 4) is 0 Å². The summed E-state index contributed by atoms with van der Waals surface area (Å²) in [5.74, 6) is 0.638. The van der Waals surface area contributed by atoms with Crippen LogP contribution in [0.25, 0.3) is 0 Å². The molecule has 0 aliphatic rings. The van der Waals surface area contributed by atoms with E-state index in [1.807, 2.05) is 0 Å². The van der Waals surface area contributed by atoms with Gasteiger partial charge < -0.3 is 4.74 Å². The lowest BCUT2D eigenvalue weighted by Crippen LogP contribution is -2.34. The van der Waals surface area contributed by atoms with E-state index in [0.717, 1.165) is 38.5 Å². The molecule has 2 unspecified atom stereocenters. The van der Waals surface area contributed by atoms with Crippen LogP contribution in [-0.2, 0) is 9.53 Å². The first-order chi connectivity index (χ1) is 16.6. The van der Waals surface area contributed by atoms with E-state index < -0.39 is 0 Å². The Morgan fingerprint density at radius 1 is 0.588 bits per heavy atom. The SMILES string of the molecule is CCCCCCCCCCCCCCCCC(CC)(CCCC)C(=O)OCC(CC)CCCC. The van der Waals surface area contributed by atoms with Gasteiger partial charge in [0, 0.05) is 0 Å². The van der Waals surface area contributed by atoms with Crippen molar-refractivity contribution in [3.63, 3.8) is 0 Å². The molecule has 0 spiro atoms. The Morgan fingerprint density at radius 2 is 1.03 bits per heavy atom. The van der Waals surface area contributed by atoms with Crippen molar-refractivity contribution in [3.05, 3.63) is 0 Å². The van der Waals surface area contributed by atoms with Gasteiger partial charge in [-0.2, -0.15) is 0 Å². The summed E-state index contributed by atoms with van der Waals surface area (Å²) in [5.41, 5.74) is -0.240. The third-order valence-electron chi connectivity index (χ3n) is 8.12. The number of ether oxygens (including phenoxy) is 1. The Hall–Kier alpha value is -0.530. The molecular formula is C32H64O2. The van der Waals surface area contributed by atoms with E-state index in [1.165, 1.54) is 109 Å². The average Bonchev–Trinajstić information content (AvgIpc) is 2.86. The molecule has 204 valence electrons. The molecule has 0 rings (SSSR count). The van der Waals surface area contributed by atoms with Gasteiger partial charge >= 0.3 is 5.97 Å². The second-order valence-electron chi connectivity index (χ2n) is 11.1. The number of unbranched alkanes of at least 4 members (excludes halogenated alkanes) is 15. The second kappa shape index (κ2) is 24.2. The second-order valence-corrected chi connectivity index (χ2v) is 11.1. The summed E-state index contributed by atoms with van der Waals surface area (Å²) in [7, 11) is 0. The smallest absolute Gasteiger partial charge is 0.312 e. The Labute approximate surface area is 215 Å². The molecule has 0 amide bonds. The maximum atomic E-state index is 13.2. The van der Waals surface area contributed by atoms with E-state index in [1.54, 1.807) is 0 Å². The quantitative estimate of drug-likeness (QED) is 0.0908. The van der Waals surface area contributed by atoms with E-state index in [9.17, 15) is 4.79 Å². The zero-order valence-corrected chi connectivity index (χ0v) is 24.4.